The van der Waals surface area contributed by atoms with Gasteiger partial charge in [0.1, 0.15) is 0 Å². The average Bonchev–Trinajstić information content (AvgIpc) is 2.14. The maximum Gasteiger partial charge on any atom is 0.0532 e. The molecule has 0 aliphatic carbocycles. The molecule has 0 spiro atoms. The lowest BCUT2D eigenvalue weighted by Gasteiger charge is -2.26. The predicted molar refractivity (Wildman–Crippen MR) is 73.4 cm³/mol. The van der Waals surface area contributed by atoms with Crippen LogP contribution in [0.3, 0.4) is 0 Å². The van der Waals surface area contributed by atoms with E-state index in [1.54, 1.807) is 0 Å². The van der Waals surface area contributed by atoms with Gasteiger partial charge in [-0.15, -0.1) is 0 Å². The molecule has 0 saturated carbocycles. The molecule has 0 aliphatic heterocycles. The fraction of sp³-hybridized carbons (Fsp3) is 1.00. The zero-order valence-electron chi connectivity index (χ0n) is 12.7. The molecule has 0 rings (SSSR count). The molecule has 0 atom stereocenters. The van der Waals surface area contributed by atoms with Crippen LogP contribution >= 0.6 is 0 Å². The smallest absolute Gasteiger partial charge is 0.0532 e. The summed E-state index contributed by atoms with van der Waals surface area (Å²) in [5.41, 5.74) is 0.147. The van der Waals surface area contributed by atoms with Gasteiger partial charge in [-0.3, -0.25) is 0 Å². The van der Waals surface area contributed by atoms with Crippen molar-refractivity contribution < 1.29 is 9.47 Å². The molecule has 0 heterocycles. The summed E-state index contributed by atoms with van der Waals surface area (Å²) in [4.78, 5) is 0. The molecular formula is C14H31NO2. The molecule has 17 heavy (non-hydrogen) atoms. The largest absolute Gasteiger partial charge is 0.378 e. The van der Waals surface area contributed by atoms with Gasteiger partial charge in [0.15, 0.2) is 0 Å². The maximum atomic E-state index is 5.68. The molecule has 0 saturated heterocycles. The summed E-state index contributed by atoms with van der Waals surface area (Å²) < 4.78 is 11.4. The van der Waals surface area contributed by atoms with Gasteiger partial charge in [-0.1, -0.05) is 0 Å². The molecule has 3 heteroatoms. The Morgan fingerprint density at radius 2 is 1.29 bits per heavy atom. The zero-order valence-corrected chi connectivity index (χ0v) is 12.7. The molecule has 0 fully saturated rings. The number of hydrogen-bond donors (Lipinski definition) is 1. The summed E-state index contributed by atoms with van der Waals surface area (Å²) in [6, 6.07) is 0. The van der Waals surface area contributed by atoms with Crippen LogP contribution in [0.25, 0.3) is 0 Å². The Kier molecular flexibility index (Phi) is 8.01. The monoisotopic (exact) mass is 245 g/mol. The summed E-state index contributed by atoms with van der Waals surface area (Å²) in [5, 5.41) is 3.51. The summed E-state index contributed by atoms with van der Waals surface area (Å²) in [6.45, 7) is 17.2. The van der Waals surface area contributed by atoms with Gasteiger partial charge in [0, 0.05) is 18.0 Å². The third-order valence-corrected chi connectivity index (χ3v) is 2.25. The lowest BCUT2D eigenvalue weighted by atomic mass is 10.1. The highest BCUT2D eigenvalue weighted by atomic mass is 16.5. The van der Waals surface area contributed by atoms with Crippen LogP contribution in [0.15, 0.2) is 0 Å². The van der Waals surface area contributed by atoms with Crippen molar-refractivity contribution in [1.82, 2.24) is 5.32 Å². The Bertz CT molecular complexity index is 173. The Morgan fingerprint density at radius 1 is 0.882 bits per heavy atom. The van der Waals surface area contributed by atoms with E-state index >= 15 is 0 Å². The molecule has 0 radical (unpaired) electrons. The highest BCUT2D eigenvalue weighted by Gasteiger charge is 2.15. The third-order valence-electron chi connectivity index (χ3n) is 2.25. The Labute approximate surface area is 107 Å². The first kappa shape index (κ1) is 16.9. The molecule has 0 aromatic carbocycles. The summed E-state index contributed by atoms with van der Waals surface area (Å²) in [6.07, 6.45) is 0.567. The van der Waals surface area contributed by atoms with Gasteiger partial charge in [-0.05, 0) is 48.5 Å². The van der Waals surface area contributed by atoms with E-state index in [-0.39, 0.29) is 17.7 Å². The van der Waals surface area contributed by atoms with Crippen LogP contribution in [-0.4, -0.2) is 37.5 Å². The Morgan fingerprint density at radius 3 is 1.59 bits per heavy atom. The second-order valence-corrected chi connectivity index (χ2v) is 6.26. The van der Waals surface area contributed by atoms with Crippen LogP contribution in [0.5, 0.6) is 0 Å². The van der Waals surface area contributed by atoms with Gasteiger partial charge in [0.25, 0.3) is 0 Å². The first-order valence-electron chi connectivity index (χ1n) is 6.69. The lowest BCUT2D eigenvalue weighted by Crippen LogP contribution is -2.41. The van der Waals surface area contributed by atoms with Gasteiger partial charge >= 0.3 is 0 Å². The molecule has 0 aliphatic rings. The van der Waals surface area contributed by atoms with Crippen molar-refractivity contribution in [2.75, 3.05) is 19.8 Å². The van der Waals surface area contributed by atoms with E-state index in [1.807, 2.05) is 0 Å². The van der Waals surface area contributed by atoms with Crippen molar-refractivity contribution in [3.05, 3.63) is 0 Å². The summed E-state index contributed by atoms with van der Waals surface area (Å²) in [7, 11) is 0. The maximum absolute atomic E-state index is 5.68. The van der Waals surface area contributed by atoms with Crippen molar-refractivity contribution >= 4 is 0 Å². The molecule has 0 aromatic rings. The number of ether oxygens (including phenoxy) is 2. The standard InChI is InChI=1S/C14H31NO2/c1-11(2)16-9-13(10-17-12(3)4)8-15-14(5,6)7/h11-13,15H,8-10H2,1-7H3. The first-order valence-corrected chi connectivity index (χ1v) is 6.69. The van der Waals surface area contributed by atoms with Gasteiger partial charge in [-0.25, -0.2) is 0 Å². The fourth-order valence-electron chi connectivity index (χ4n) is 1.27. The van der Waals surface area contributed by atoms with Gasteiger partial charge < -0.3 is 14.8 Å². The van der Waals surface area contributed by atoms with E-state index in [9.17, 15) is 0 Å². The summed E-state index contributed by atoms with van der Waals surface area (Å²) in [5.74, 6) is 0.416. The molecule has 0 aromatic heterocycles. The van der Waals surface area contributed by atoms with E-state index in [4.69, 9.17) is 9.47 Å². The molecule has 104 valence electrons. The van der Waals surface area contributed by atoms with E-state index in [0.29, 0.717) is 5.92 Å². The minimum absolute atomic E-state index is 0.147. The van der Waals surface area contributed by atoms with Crippen molar-refractivity contribution in [3.8, 4) is 0 Å². The van der Waals surface area contributed by atoms with E-state index in [1.165, 1.54) is 0 Å². The minimum Gasteiger partial charge on any atom is -0.378 e. The highest BCUT2D eigenvalue weighted by Crippen LogP contribution is 2.06. The van der Waals surface area contributed by atoms with Gasteiger partial charge in [0.2, 0.25) is 0 Å². The highest BCUT2D eigenvalue weighted by molar-refractivity contribution is 4.73. The molecular weight excluding hydrogens is 214 g/mol. The van der Waals surface area contributed by atoms with Gasteiger partial charge in [-0.2, -0.15) is 0 Å². The molecule has 1 N–H and O–H groups in total. The van der Waals surface area contributed by atoms with E-state index < -0.39 is 0 Å². The fourth-order valence-corrected chi connectivity index (χ4v) is 1.27. The molecule has 3 nitrogen and oxygen atoms in total. The van der Waals surface area contributed by atoms with Crippen LogP contribution in [0, 0.1) is 5.92 Å². The van der Waals surface area contributed by atoms with Crippen LogP contribution in [-0.2, 0) is 9.47 Å². The quantitative estimate of drug-likeness (QED) is 0.713. The van der Waals surface area contributed by atoms with Crippen molar-refractivity contribution in [3.63, 3.8) is 0 Å². The number of hydrogen-bond acceptors (Lipinski definition) is 3. The second-order valence-electron chi connectivity index (χ2n) is 6.26. The normalized spacial score (nSPS) is 13.1. The molecule has 0 unspecified atom stereocenters. The van der Waals surface area contributed by atoms with Crippen molar-refractivity contribution in [1.29, 1.82) is 0 Å². The number of rotatable bonds is 8. The number of nitrogens with one attached hydrogen (secondary N) is 1. The third kappa shape index (κ3) is 12.1. The van der Waals surface area contributed by atoms with Crippen LogP contribution < -0.4 is 5.32 Å². The topological polar surface area (TPSA) is 30.5 Å². The average molecular weight is 245 g/mol. The molecule has 0 amide bonds. The van der Waals surface area contributed by atoms with E-state index in [0.717, 1.165) is 19.8 Å². The van der Waals surface area contributed by atoms with Crippen molar-refractivity contribution in [2.24, 2.45) is 5.92 Å². The Hall–Kier alpha value is -0.120. The van der Waals surface area contributed by atoms with Gasteiger partial charge in [0.05, 0.1) is 25.4 Å². The second kappa shape index (κ2) is 8.06. The van der Waals surface area contributed by atoms with Crippen LogP contribution in [0.1, 0.15) is 48.5 Å². The zero-order chi connectivity index (χ0) is 13.5. The SMILES string of the molecule is CC(C)OCC(CNC(C)(C)C)COC(C)C. The van der Waals surface area contributed by atoms with Crippen molar-refractivity contribution in [2.45, 2.75) is 66.2 Å². The van der Waals surface area contributed by atoms with Crippen LogP contribution in [0.2, 0.25) is 0 Å². The minimum atomic E-state index is 0.147. The predicted octanol–water partition coefficient (Wildman–Crippen LogP) is 2.84. The molecule has 0 bridgehead atoms. The first-order chi connectivity index (χ1) is 7.70. The van der Waals surface area contributed by atoms with E-state index in [2.05, 4.69) is 53.8 Å². The lowest BCUT2D eigenvalue weighted by molar-refractivity contribution is -0.00428. The Balaban J connectivity index is 4.01. The summed E-state index contributed by atoms with van der Waals surface area (Å²) >= 11 is 0. The van der Waals surface area contributed by atoms with Crippen LogP contribution in [0.4, 0.5) is 0 Å².